The monoisotopic (exact) mass is 449 g/mol. The fourth-order valence-corrected chi connectivity index (χ4v) is 4.86. The van der Waals surface area contributed by atoms with Gasteiger partial charge in [0.2, 0.25) is 5.91 Å². The van der Waals surface area contributed by atoms with Crippen molar-refractivity contribution in [1.82, 2.24) is 5.48 Å². The van der Waals surface area contributed by atoms with E-state index < -0.39 is 13.5 Å². The number of amides is 1. The van der Waals surface area contributed by atoms with E-state index in [4.69, 9.17) is 14.3 Å². The highest BCUT2D eigenvalue weighted by molar-refractivity contribution is 7.53. The van der Waals surface area contributed by atoms with Crippen molar-refractivity contribution >= 4 is 13.5 Å². The second-order valence-corrected chi connectivity index (χ2v) is 11.4. The second kappa shape index (κ2) is 19.3. The Labute approximate surface area is 185 Å². The molecule has 2 N–H and O–H groups in total. The van der Waals surface area contributed by atoms with Gasteiger partial charge in [0, 0.05) is 6.42 Å². The molecule has 0 aliphatic carbocycles. The summed E-state index contributed by atoms with van der Waals surface area (Å²) in [6, 6.07) is 0. The number of hydrogen-bond donors (Lipinski definition) is 2. The van der Waals surface area contributed by atoms with Crippen LogP contribution in [0.25, 0.3) is 0 Å². The van der Waals surface area contributed by atoms with E-state index >= 15 is 0 Å². The maximum absolute atomic E-state index is 12.9. The number of nitrogens with one attached hydrogen (secondary N) is 1. The number of hydrogen-bond acceptors (Lipinski definition) is 5. The van der Waals surface area contributed by atoms with Gasteiger partial charge in [-0.15, -0.1) is 0 Å². The van der Waals surface area contributed by atoms with Crippen LogP contribution >= 0.6 is 7.60 Å². The standard InChI is InChI=1S/C23H48NO5P/c1-21(2)15-11-7-5-9-13-18-28-30(27,20-17-23(25)24-26)29-19-14-10-6-8-12-16-22(3)4/h21-22,26H,5-20H2,1-4H3,(H,24,25). The Balaban J connectivity index is 4.06. The average Bonchev–Trinajstić information content (AvgIpc) is 2.69. The van der Waals surface area contributed by atoms with E-state index in [1.54, 1.807) is 5.48 Å². The zero-order valence-electron chi connectivity index (χ0n) is 20.0. The molecule has 180 valence electrons. The summed E-state index contributed by atoms with van der Waals surface area (Å²) in [5.74, 6) is 0.942. The zero-order valence-corrected chi connectivity index (χ0v) is 20.9. The van der Waals surface area contributed by atoms with Crippen LogP contribution in [0.1, 0.15) is 111 Å². The number of unbranched alkanes of at least 4 members (excludes halogenated alkanes) is 8. The topological polar surface area (TPSA) is 84.9 Å². The molecule has 0 aliphatic heterocycles. The van der Waals surface area contributed by atoms with Crippen LogP contribution in [-0.4, -0.2) is 30.5 Å². The SMILES string of the molecule is CC(C)CCCCCCCOP(=O)(CCC(=O)NO)OCCCCCCCC(C)C. The summed E-state index contributed by atoms with van der Waals surface area (Å²) in [5.41, 5.74) is 1.57. The van der Waals surface area contributed by atoms with Crippen molar-refractivity contribution in [3.05, 3.63) is 0 Å². The van der Waals surface area contributed by atoms with Crippen LogP contribution in [0.15, 0.2) is 0 Å². The lowest BCUT2D eigenvalue weighted by Crippen LogP contribution is -2.20. The summed E-state index contributed by atoms with van der Waals surface area (Å²) in [4.78, 5) is 11.3. The Morgan fingerprint density at radius 2 is 1.17 bits per heavy atom. The molecule has 6 nitrogen and oxygen atoms in total. The molecule has 0 bridgehead atoms. The maximum Gasteiger partial charge on any atom is 0.331 e. The summed E-state index contributed by atoms with van der Waals surface area (Å²) < 4.78 is 24.2. The molecule has 30 heavy (non-hydrogen) atoms. The van der Waals surface area contributed by atoms with Gasteiger partial charge in [-0.2, -0.15) is 0 Å². The largest absolute Gasteiger partial charge is 0.331 e. The van der Waals surface area contributed by atoms with Crippen LogP contribution in [0.4, 0.5) is 0 Å². The molecule has 0 saturated heterocycles. The molecule has 0 spiro atoms. The highest BCUT2D eigenvalue weighted by atomic mass is 31.2. The summed E-state index contributed by atoms with van der Waals surface area (Å²) >= 11 is 0. The number of hydroxylamine groups is 1. The van der Waals surface area contributed by atoms with Crippen molar-refractivity contribution in [2.75, 3.05) is 19.4 Å². The van der Waals surface area contributed by atoms with Gasteiger partial charge in [0.25, 0.3) is 0 Å². The highest BCUT2D eigenvalue weighted by Crippen LogP contribution is 2.49. The summed E-state index contributed by atoms with van der Waals surface area (Å²) in [5, 5.41) is 8.66. The first-order valence-corrected chi connectivity index (χ1v) is 13.8. The van der Waals surface area contributed by atoms with Gasteiger partial charge in [-0.05, 0) is 24.7 Å². The quantitative estimate of drug-likeness (QED) is 0.0844. The van der Waals surface area contributed by atoms with Gasteiger partial charge in [-0.25, -0.2) is 5.48 Å². The van der Waals surface area contributed by atoms with Crippen LogP contribution in [0.2, 0.25) is 0 Å². The predicted octanol–water partition coefficient (Wildman–Crippen LogP) is 7.10. The van der Waals surface area contributed by atoms with E-state index in [9.17, 15) is 9.36 Å². The Hall–Kier alpha value is -0.420. The number of carbonyl (C=O) groups is 1. The molecule has 0 aliphatic rings. The van der Waals surface area contributed by atoms with Gasteiger partial charge in [0.1, 0.15) is 0 Å². The molecule has 0 saturated carbocycles. The lowest BCUT2D eigenvalue weighted by Gasteiger charge is -2.18. The van der Waals surface area contributed by atoms with Gasteiger partial charge >= 0.3 is 7.60 Å². The van der Waals surface area contributed by atoms with Crippen molar-refractivity contribution < 1.29 is 23.6 Å². The van der Waals surface area contributed by atoms with Crippen LogP contribution in [-0.2, 0) is 18.4 Å². The van der Waals surface area contributed by atoms with Crippen LogP contribution in [0.3, 0.4) is 0 Å². The molecular weight excluding hydrogens is 401 g/mol. The lowest BCUT2D eigenvalue weighted by molar-refractivity contribution is -0.128. The van der Waals surface area contributed by atoms with Crippen molar-refractivity contribution in [1.29, 1.82) is 0 Å². The smallest absolute Gasteiger partial charge is 0.309 e. The van der Waals surface area contributed by atoms with Crippen LogP contribution in [0, 0.1) is 11.8 Å². The fourth-order valence-electron chi connectivity index (χ4n) is 3.24. The number of rotatable bonds is 21. The fraction of sp³-hybridized carbons (Fsp3) is 0.957. The van der Waals surface area contributed by atoms with E-state index in [0.717, 1.165) is 50.4 Å². The molecule has 0 aromatic rings. The zero-order chi connectivity index (χ0) is 22.7. The lowest BCUT2D eigenvalue weighted by atomic mass is 10.0. The van der Waals surface area contributed by atoms with E-state index in [1.165, 1.54) is 38.5 Å². The van der Waals surface area contributed by atoms with E-state index in [2.05, 4.69) is 27.7 Å². The maximum atomic E-state index is 12.9. The molecule has 7 heteroatoms. The Kier molecular flexibility index (Phi) is 19.0. The molecule has 1 amide bonds. The first-order chi connectivity index (χ1) is 14.3. The minimum atomic E-state index is -3.31. The molecular formula is C23H48NO5P. The van der Waals surface area contributed by atoms with Crippen LogP contribution < -0.4 is 5.48 Å². The highest BCUT2D eigenvalue weighted by Gasteiger charge is 2.25. The molecule has 0 aromatic heterocycles. The summed E-state index contributed by atoms with van der Waals surface area (Å²) in [6.45, 7) is 9.75. The van der Waals surface area contributed by atoms with Gasteiger partial charge in [-0.3, -0.25) is 14.6 Å². The third-order valence-electron chi connectivity index (χ3n) is 5.17. The van der Waals surface area contributed by atoms with Gasteiger partial charge in [0.05, 0.1) is 19.4 Å². The predicted molar refractivity (Wildman–Crippen MR) is 124 cm³/mol. The molecule has 0 rings (SSSR count). The third-order valence-corrected chi connectivity index (χ3v) is 7.09. The van der Waals surface area contributed by atoms with E-state index in [0.29, 0.717) is 13.2 Å². The molecule has 0 unspecified atom stereocenters. The van der Waals surface area contributed by atoms with Crippen molar-refractivity contribution in [2.24, 2.45) is 11.8 Å². The van der Waals surface area contributed by atoms with Crippen molar-refractivity contribution in [3.8, 4) is 0 Å². The summed E-state index contributed by atoms with van der Waals surface area (Å²) in [7, 11) is -3.31. The minimum Gasteiger partial charge on any atom is -0.309 e. The summed E-state index contributed by atoms with van der Waals surface area (Å²) in [6.07, 6.45) is 13.5. The van der Waals surface area contributed by atoms with Gasteiger partial charge < -0.3 is 9.05 Å². The first-order valence-electron chi connectivity index (χ1n) is 12.1. The Bertz CT molecular complexity index is 429. The van der Waals surface area contributed by atoms with Gasteiger partial charge in [0.15, 0.2) is 0 Å². The Morgan fingerprint density at radius 3 is 1.57 bits per heavy atom. The van der Waals surface area contributed by atoms with E-state index in [1.807, 2.05) is 0 Å². The van der Waals surface area contributed by atoms with E-state index in [-0.39, 0.29) is 12.6 Å². The average molecular weight is 450 g/mol. The molecule has 0 atom stereocenters. The molecule has 0 fully saturated rings. The number of carbonyl (C=O) groups excluding carboxylic acids is 1. The molecule has 0 heterocycles. The molecule has 0 radical (unpaired) electrons. The molecule has 0 aromatic carbocycles. The normalized spacial score (nSPS) is 12.1. The Morgan fingerprint density at radius 1 is 0.767 bits per heavy atom. The third kappa shape index (κ3) is 19.5. The second-order valence-electron chi connectivity index (χ2n) is 9.19. The van der Waals surface area contributed by atoms with Crippen molar-refractivity contribution in [2.45, 2.75) is 111 Å². The van der Waals surface area contributed by atoms with Gasteiger partial charge in [-0.1, -0.05) is 91.9 Å². The van der Waals surface area contributed by atoms with Crippen molar-refractivity contribution in [3.63, 3.8) is 0 Å². The minimum absolute atomic E-state index is 0.00215. The van der Waals surface area contributed by atoms with Crippen LogP contribution in [0.5, 0.6) is 0 Å². The first kappa shape index (κ1) is 29.6.